The minimum atomic E-state index is -0.479. The SMILES string of the molecule is CC(C)Cc1ccc(C#N)c(N2CCN(C(=O)OC(C)(C)C)CC2)c1. The maximum Gasteiger partial charge on any atom is 0.410 e. The summed E-state index contributed by atoms with van der Waals surface area (Å²) in [6.45, 7) is 12.6. The van der Waals surface area contributed by atoms with Crippen molar-refractivity contribution in [3.63, 3.8) is 0 Å². The predicted octanol–water partition coefficient (Wildman–Crippen LogP) is 3.81. The Labute approximate surface area is 151 Å². The van der Waals surface area contributed by atoms with Crippen molar-refractivity contribution < 1.29 is 9.53 Å². The molecule has 2 rings (SSSR count). The van der Waals surface area contributed by atoms with Gasteiger partial charge in [-0.1, -0.05) is 19.9 Å². The Bertz CT molecular complexity index is 648. The zero-order valence-electron chi connectivity index (χ0n) is 16.0. The zero-order chi connectivity index (χ0) is 18.6. The summed E-state index contributed by atoms with van der Waals surface area (Å²) < 4.78 is 5.44. The fourth-order valence-corrected chi connectivity index (χ4v) is 2.99. The number of hydrogen-bond donors (Lipinski definition) is 0. The number of ether oxygens (including phenoxy) is 1. The van der Waals surface area contributed by atoms with Crippen LogP contribution in [0.5, 0.6) is 0 Å². The maximum absolute atomic E-state index is 12.2. The second-order valence-corrected chi connectivity index (χ2v) is 8.02. The number of amides is 1. The molecule has 1 aromatic rings. The Kier molecular flexibility index (Phi) is 5.94. The number of carbonyl (C=O) groups is 1. The quantitative estimate of drug-likeness (QED) is 0.837. The first-order valence-corrected chi connectivity index (χ1v) is 8.95. The molecular formula is C20H29N3O2. The summed E-state index contributed by atoms with van der Waals surface area (Å²) in [6, 6.07) is 8.37. The first-order chi connectivity index (χ1) is 11.7. The van der Waals surface area contributed by atoms with Gasteiger partial charge in [-0.05, 0) is 50.8 Å². The van der Waals surface area contributed by atoms with E-state index in [2.05, 4.69) is 30.9 Å². The summed E-state index contributed by atoms with van der Waals surface area (Å²) in [7, 11) is 0. The van der Waals surface area contributed by atoms with Gasteiger partial charge in [0.15, 0.2) is 0 Å². The van der Waals surface area contributed by atoms with Crippen LogP contribution >= 0.6 is 0 Å². The van der Waals surface area contributed by atoms with Crippen molar-refractivity contribution in [3.8, 4) is 6.07 Å². The van der Waals surface area contributed by atoms with Crippen LogP contribution in [0.15, 0.2) is 18.2 Å². The maximum atomic E-state index is 12.2. The molecule has 1 saturated heterocycles. The van der Waals surface area contributed by atoms with Crippen molar-refractivity contribution in [2.75, 3.05) is 31.1 Å². The molecule has 1 aliphatic heterocycles. The van der Waals surface area contributed by atoms with Crippen molar-refractivity contribution in [2.24, 2.45) is 5.92 Å². The largest absolute Gasteiger partial charge is 0.444 e. The molecule has 0 saturated carbocycles. The van der Waals surface area contributed by atoms with Gasteiger partial charge in [0, 0.05) is 26.2 Å². The van der Waals surface area contributed by atoms with Gasteiger partial charge in [0.25, 0.3) is 0 Å². The summed E-state index contributed by atoms with van der Waals surface area (Å²) in [5.41, 5.74) is 2.44. The Hall–Kier alpha value is -2.22. The van der Waals surface area contributed by atoms with Crippen LogP contribution in [0.3, 0.4) is 0 Å². The molecule has 0 atom stereocenters. The molecule has 136 valence electrons. The summed E-state index contributed by atoms with van der Waals surface area (Å²) in [4.78, 5) is 16.1. The van der Waals surface area contributed by atoms with Crippen LogP contribution in [-0.2, 0) is 11.2 Å². The van der Waals surface area contributed by atoms with Gasteiger partial charge in [0.2, 0.25) is 0 Å². The molecule has 1 aliphatic rings. The Morgan fingerprint density at radius 2 is 1.88 bits per heavy atom. The Morgan fingerprint density at radius 1 is 1.24 bits per heavy atom. The van der Waals surface area contributed by atoms with Crippen LogP contribution in [0.25, 0.3) is 0 Å². The minimum Gasteiger partial charge on any atom is -0.444 e. The first kappa shape index (κ1) is 19.1. The second-order valence-electron chi connectivity index (χ2n) is 8.02. The van der Waals surface area contributed by atoms with E-state index in [4.69, 9.17) is 4.74 Å². The normalized spacial score (nSPS) is 15.2. The average molecular weight is 343 g/mol. The third-order valence-electron chi connectivity index (χ3n) is 4.10. The van der Waals surface area contributed by atoms with E-state index in [1.165, 1.54) is 5.56 Å². The lowest BCUT2D eigenvalue weighted by Crippen LogP contribution is -2.50. The van der Waals surface area contributed by atoms with E-state index in [0.29, 0.717) is 37.7 Å². The summed E-state index contributed by atoms with van der Waals surface area (Å²) >= 11 is 0. The molecule has 0 N–H and O–H groups in total. The molecule has 0 aliphatic carbocycles. The van der Waals surface area contributed by atoms with Gasteiger partial charge in [-0.15, -0.1) is 0 Å². The number of benzene rings is 1. The van der Waals surface area contributed by atoms with Crippen molar-refractivity contribution in [3.05, 3.63) is 29.3 Å². The van der Waals surface area contributed by atoms with E-state index in [9.17, 15) is 10.1 Å². The fraction of sp³-hybridized carbons (Fsp3) is 0.600. The number of anilines is 1. The molecule has 0 aromatic heterocycles. The molecule has 1 aromatic carbocycles. The second kappa shape index (κ2) is 7.77. The monoisotopic (exact) mass is 343 g/mol. The highest BCUT2D eigenvalue weighted by atomic mass is 16.6. The molecule has 0 bridgehead atoms. The molecule has 25 heavy (non-hydrogen) atoms. The third-order valence-corrected chi connectivity index (χ3v) is 4.10. The van der Waals surface area contributed by atoms with Crippen molar-refractivity contribution in [1.29, 1.82) is 5.26 Å². The van der Waals surface area contributed by atoms with Crippen molar-refractivity contribution in [2.45, 2.75) is 46.6 Å². The molecule has 1 fully saturated rings. The predicted molar refractivity (Wildman–Crippen MR) is 99.7 cm³/mol. The van der Waals surface area contributed by atoms with Gasteiger partial charge in [-0.3, -0.25) is 0 Å². The van der Waals surface area contributed by atoms with E-state index < -0.39 is 5.60 Å². The number of carbonyl (C=O) groups excluding carboxylic acids is 1. The zero-order valence-corrected chi connectivity index (χ0v) is 16.0. The van der Waals surface area contributed by atoms with E-state index in [-0.39, 0.29) is 6.09 Å². The molecular weight excluding hydrogens is 314 g/mol. The topological polar surface area (TPSA) is 56.6 Å². The molecule has 5 heteroatoms. The molecule has 0 spiro atoms. The molecule has 1 heterocycles. The summed E-state index contributed by atoms with van der Waals surface area (Å²) in [5, 5.41) is 9.43. The highest BCUT2D eigenvalue weighted by Crippen LogP contribution is 2.25. The number of nitrogens with zero attached hydrogens (tertiary/aromatic N) is 3. The summed E-state index contributed by atoms with van der Waals surface area (Å²) in [5.74, 6) is 0.574. The van der Waals surface area contributed by atoms with Gasteiger partial charge in [-0.25, -0.2) is 4.79 Å². The van der Waals surface area contributed by atoms with Gasteiger partial charge in [0.05, 0.1) is 11.3 Å². The molecule has 1 amide bonds. The minimum absolute atomic E-state index is 0.263. The van der Waals surface area contributed by atoms with E-state index in [1.807, 2.05) is 32.9 Å². The van der Waals surface area contributed by atoms with E-state index >= 15 is 0 Å². The number of rotatable bonds is 3. The van der Waals surface area contributed by atoms with Crippen LogP contribution in [0, 0.1) is 17.2 Å². The summed E-state index contributed by atoms with van der Waals surface area (Å²) in [6.07, 6.45) is 0.734. The molecule has 5 nitrogen and oxygen atoms in total. The smallest absolute Gasteiger partial charge is 0.410 e. The fourth-order valence-electron chi connectivity index (χ4n) is 2.99. The van der Waals surface area contributed by atoms with Crippen LogP contribution in [-0.4, -0.2) is 42.8 Å². The molecule has 0 radical (unpaired) electrons. The first-order valence-electron chi connectivity index (χ1n) is 8.95. The Balaban J connectivity index is 2.07. The standard InChI is InChI=1S/C20H29N3O2/c1-15(2)12-16-6-7-17(14-21)18(13-16)22-8-10-23(11-9-22)19(24)25-20(3,4)5/h6-7,13,15H,8-12H2,1-5H3. The highest BCUT2D eigenvalue weighted by Gasteiger charge is 2.26. The lowest BCUT2D eigenvalue weighted by Gasteiger charge is -2.37. The van der Waals surface area contributed by atoms with Gasteiger partial charge < -0.3 is 14.5 Å². The average Bonchev–Trinajstić information content (AvgIpc) is 2.53. The van der Waals surface area contributed by atoms with Gasteiger partial charge >= 0.3 is 6.09 Å². The van der Waals surface area contributed by atoms with Crippen LogP contribution in [0.2, 0.25) is 0 Å². The molecule has 0 unspecified atom stereocenters. The highest BCUT2D eigenvalue weighted by molar-refractivity contribution is 5.69. The number of hydrogen-bond acceptors (Lipinski definition) is 4. The number of piperazine rings is 1. The van der Waals surface area contributed by atoms with Crippen LogP contribution in [0.1, 0.15) is 45.7 Å². The van der Waals surface area contributed by atoms with Crippen LogP contribution in [0.4, 0.5) is 10.5 Å². The lowest BCUT2D eigenvalue weighted by molar-refractivity contribution is 0.0240. The third kappa shape index (κ3) is 5.38. The van der Waals surface area contributed by atoms with Crippen molar-refractivity contribution in [1.82, 2.24) is 4.90 Å². The van der Waals surface area contributed by atoms with Crippen molar-refractivity contribution >= 4 is 11.8 Å². The van der Waals surface area contributed by atoms with Gasteiger partial charge in [-0.2, -0.15) is 5.26 Å². The van der Waals surface area contributed by atoms with Gasteiger partial charge in [0.1, 0.15) is 11.7 Å². The number of nitriles is 1. The Morgan fingerprint density at radius 3 is 2.40 bits per heavy atom. The van der Waals surface area contributed by atoms with E-state index in [0.717, 1.165) is 12.1 Å². The lowest BCUT2D eigenvalue weighted by atomic mass is 10.00. The van der Waals surface area contributed by atoms with E-state index in [1.54, 1.807) is 4.90 Å². The van der Waals surface area contributed by atoms with Crippen LogP contribution < -0.4 is 4.90 Å².